The second-order valence-corrected chi connectivity index (χ2v) is 4.16. The molecule has 2 N–H and O–H groups in total. The predicted molar refractivity (Wildman–Crippen MR) is 49.4 cm³/mol. The molecule has 0 heterocycles. The van der Waals surface area contributed by atoms with Crippen LogP contribution in [0.15, 0.2) is 0 Å². The Kier molecular flexibility index (Phi) is 2.58. The molecule has 66 valence electrons. The minimum atomic E-state index is 0.175. The maximum atomic E-state index is 6.30. The van der Waals surface area contributed by atoms with Crippen molar-refractivity contribution in [3.8, 4) is 0 Å². The van der Waals surface area contributed by atoms with Crippen molar-refractivity contribution in [3.05, 3.63) is 0 Å². The monoisotopic (exact) mass is 155 g/mol. The summed E-state index contributed by atoms with van der Waals surface area (Å²) in [5, 5.41) is 0. The molecule has 0 aromatic heterocycles. The van der Waals surface area contributed by atoms with Crippen LogP contribution in [0.1, 0.15) is 46.5 Å². The molecular formula is C10H21N. The van der Waals surface area contributed by atoms with Gasteiger partial charge in [0.15, 0.2) is 0 Å². The van der Waals surface area contributed by atoms with E-state index in [-0.39, 0.29) is 5.54 Å². The predicted octanol–water partition coefficient (Wildman–Crippen LogP) is 2.55. The van der Waals surface area contributed by atoms with E-state index in [0.29, 0.717) is 0 Å². The lowest BCUT2D eigenvalue weighted by molar-refractivity contribution is 0.315. The van der Waals surface area contributed by atoms with Crippen LogP contribution in [-0.2, 0) is 0 Å². The minimum absolute atomic E-state index is 0.175. The van der Waals surface area contributed by atoms with Crippen LogP contribution >= 0.6 is 0 Å². The molecule has 0 radical (unpaired) electrons. The highest BCUT2D eigenvalue weighted by Gasteiger charge is 2.46. The molecule has 3 unspecified atom stereocenters. The first-order chi connectivity index (χ1) is 5.14. The zero-order chi connectivity index (χ0) is 8.48. The van der Waals surface area contributed by atoms with Crippen LogP contribution in [0, 0.1) is 11.8 Å². The smallest absolute Gasteiger partial charge is 0.0182 e. The highest BCUT2D eigenvalue weighted by atomic mass is 14.8. The van der Waals surface area contributed by atoms with E-state index in [2.05, 4.69) is 20.8 Å². The van der Waals surface area contributed by atoms with E-state index >= 15 is 0 Å². The maximum absolute atomic E-state index is 6.30. The summed E-state index contributed by atoms with van der Waals surface area (Å²) < 4.78 is 0. The average Bonchev–Trinajstić information content (AvgIpc) is 2.68. The molecule has 0 amide bonds. The third kappa shape index (κ3) is 1.76. The number of rotatable bonds is 4. The third-order valence-corrected chi connectivity index (χ3v) is 3.22. The Hall–Kier alpha value is -0.0400. The number of hydrogen-bond acceptors (Lipinski definition) is 1. The first-order valence-electron chi connectivity index (χ1n) is 4.93. The second kappa shape index (κ2) is 3.14. The Balaban J connectivity index is 2.46. The summed E-state index contributed by atoms with van der Waals surface area (Å²) in [5.41, 5.74) is 6.48. The summed E-state index contributed by atoms with van der Waals surface area (Å²) in [7, 11) is 0. The van der Waals surface area contributed by atoms with Crippen LogP contribution in [0.25, 0.3) is 0 Å². The highest BCUT2D eigenvalue weighted by Crippen LogP contribution is 2.47. The van der Waals surface area contributed by atoms with E-state index in [1.54, 1.807) is 0 Å². The molecule has 1 heteroatoms. The van der Waals surface area contributed by atoms with Gasteiger partial charge in [-0.1, -0.05) is 27.2 Å². The minimum Gasteiger partial charge on any atom is -0.325 e. The maximum Gasteiger partial charge on any atom is 0.0182 e. The van der Waals surface area contributed by atoms with Gasteiger partial charge in [0.25, 0.3) is 0 Å². The van der Waals surface area contributed by atoms with Crippen molar-refractivity contribution in [2.24, 2.45) is 17.6 Å². The molecule has 0 aromatic rings. The largest absolute Gasteiger partial charge is 0.325 e. The van der Waals surface area contributed by atoms with Gasteiger partial charge >= 0.3 is 0 Å². The Labute approximate surface area is 70.4 Å². The van der Waals surface area contributed by atoms with Crippen molar-refractivity contribution in [2.45, 2.75) is 52.0 Å². The quantitative estimate of drug-likeness (QED) is 0.663. The van der Waals surface area contributed by atoms with E-state index in [9.17, 15) is 0 Å². The molecule has 1 nitrogen and oxygen atoms in total. The Morgan fingerprint density at radius 3 is 2.27 bits per heavy atom. The molecule has 3 atom stereocenters. The van der Waals surface area contributed by atoms with Gasteiger partial charge < -0.3 is 5.73 Å². The van der Waals surface area contributed by atoms with Gasteiger partial charge in [-0.2, -0.15) is 0 Å². The molecule has 11 heavy (non-hydrogen) atoms. The molecule has 0 bridgehead atoms. The van der Waals surface area contributed by atoms with Crippen LogP contribution < -0.4 is 5.73 Å². The van der Waals surface area contributed by atoms with Crippen LogP contribution in [0.5, 0.6) is 0 Å². The molecule has 1 aliphatic carbocycles. The van der Waals surface area contributed by atoms with Crippen molar-refractivity contribution >= 4 is 0 Å². The van der Waals surface area contributed by atoms with Gasteiger partial charge in [0, 0.05) is 5.54 Å². The summed E-state index contributed by atoms with van der Waals surface area (Å²) in [6.07, 6.45) is 4.95. The zero-order valence-electron chi connectivity index (χ0n) is 8.06. The lowest BCUT2D eigenvalue weighted by Gasteiger charge is -2.28. The molecule has 1 saturated carbocycles. The summed E-state index contributed by atoms with van der Waals surface area (Å²) in [6.45, 7) is 6.77. The van der Waals surface area contributed by atoms with Crippen molar-refractivity contribution in [1.29, 1.82) is 0 Å². The van der Waals surface area contributed by atoms with Gasteiger partial charge in [-0.15, -0.1) is 0 Å². The van der Waals surface area contributed by atoms with Crippen molar-refractivity contribution in [1.82, 2.24) is 0 Å². The average molecular weight is 155 g/mol. The third-order valence-electron chi connectivity index (χ3n) is 3.22. The summed E-state index contributed by atoms with van der Waals surface area (Å²) in [5.74, 6) is 1.72. The molecule has 1 fully saturated rings. The molecule has 0 spiro atoms. The fraction of sp³-hybridized carbons (Fsp3) is 1.00. The van der Waals surface area contributed by atoms with Crippen LogP contribution in [0.3, 0.4) is 0 Å². The lowest BCUT2D eigenvalue weighted by atomic mass is 9.86. The summed E-state index contributed by atoms with van der Waals surface area (Å²) in [4.78, 5) is 0. The second-order valence-electron chi connectivity index (χ2n) is 4.16. The van der Waals surface area contributed by atoms with E-state index in [4.69, 9.17) is 5.73 Å². The zero-order valence-corrected chi connectivity index (χ0v) is 8.06. The van der Waals surface area contributed by atoms with Crippen LogP contribution in [-0.4, -0.2) is 5.54 Å². The first-order valence-corrected chi connectivity index (χ1v) is 4.93. The van der Waals surface area contributed by atoms with Crippen LogP contribution in [0.4, 0.5) is 0 Å². The Morgan fingerprint density at radius 1 is 1.45 bits per heavy atom. The van der Waals surface area contributed by atoms with Crippen LogP contribution in [0.2, 0.25) is 0 Å². The van der Waals surface area contributed by atoms with Gasteiger partial charge in [0.2, 0.25) is 0 Å². The lowest BCUT2D eigenvalue weighted by Crippen LogP contribution is -2.41. The van der Waals surface area contributed by atoms with Gasteiger partial charge in [-0.25, -0.2) is 0 Å². The Bertz CT molecular complexity index is 133. The Morgan fingerprint density at radius 2 is 2.00 bits per heavy atom. The van der Waals surface area contributed by atoms with Gasteiger partial charge in [0.1, 0.15) is 0 Å². The van der Waals surface area contributed by atoms with Crippen molar-refractivity contribution in [2.75, 3.05) is 0 Å². The molecule has 0 aliphatic heterocycles. The number of hydrogen-bond donors (Lipinski definition) is 1. The van der Waals surface area contributed by atoms with E-state index in [0.717, 1.165) is 18.3 Å². The molecule has 1 rings (SSSR count). The van der Waals surface area contributed by atoms with Gasteiger partial charge in [-0.05, 0) is 31.1 Å². The molecule has 1 aliphatic rings. The summed E-state index contributed by atoms with van der Waals surface area (Å²) in [6, 6.07) is 0. The molecular weight excluding hydrogens is 134 g/mol. The SMILES string of the molecule is CCCC(N)(CC)C1CC1C. The number of nitrogens with two attached hydrogens (primary N) is 1. The standard InChI is InChI=1S/C10H21N/c1-4-6-10(11,5-2)9-7-8(9)3/h8-9H,4-7,11H2,1-3H3. The fourth-order valence-corrected chi connectivity index (χ4v) is 2.21. The van der Waals surface area contributed by atoms with Gasteiger partial charge in [0.05, 0.1) is 0 Å². The molecule has 0 saturated heterocycles. The fourth-order valence-electron chi connectivity index (χ4n) is 2.21. The van der Waals surface area contributed by atoms with Gasteiger partial charge in [-0.3, -0.25) is 0 Å². The van der Waals surface area contributed by atoms with E-state index in [1.807, 2.05) is 0 Å². The van der Waals surface area contributed by atoms with E-state index < -0.39 is 0 Å². The highest BCUT2D eigenvalue weighted by molar-refractivity contribution is 5.01. The van der Waals surface area contributed by atoms with Crippen molar-refractivity contribution in [3.63, 3.8) is 0 Å². The normalized spacial score (nSPS) is 34.9. The molecule has 0 aromatic carbocycles. The first kappa shape index (κ1) is 9.05. The van der Waals surface area contributed by atoms with E-state index in [1.165, 1.54) is 19.3 Å². The van der Waals surface area contributed by atoms with Crippen molar-refractivity contribution < 1.29 is 0 Å². The summed E-state index contributed by atoms with van der Waals surface area (Å²) >= 11 is 0. The topological polar surface area (TPSA) is 26.0 Å².